The molecule has 0 bridgehead atoms. The van der Waals surface area contributed by atoms with Crippen molar-refractivity contribution >= 4 is 5.97 Å². The zero-order valence-corrected chi connectivity index (χ0v) is 9.71. The van der Waals surface area contributed by atoms with Crippen LogP contribution in [0.15, 0.2) is 0 Å². The average molecular weight is 211 g/mol. The van der Waals surface area contributed by atoms with Gasteiger partial charge in [-0.3, -0.25) is 4.79 Å². The number of terminal acetylenes is 1. The molecule has 1 unspecified atom stereocenters. The highest BCUT2D eigenvalue weighted by atomic mass is 16.5. The lowest BCUT2D eigenvalue weighted by molar-refractivity contribution is -0.143. The Balaban J connectivity index is 3.19. The van der Waals surface area contributed by atoms with Gasteiger partial charge in [-0.15, -0.1) is 6.42 Å². The van der Waals surface area contributed by atoms with Crippen molar-refractivity contribution in [1.29, 1.82) is 0 Å². The first-order valence-electron chi connectivity index (χ1n) is 5.55. The zero-order chi connectivity index (χ0) is 11.5. The second kappa shape index (κ2) is 9.54. The van der Waals surface area contributed by atoms with Crippen molar-refractivity contribution in [3.05, 3.63) is 0 Å². The summed E-state index contributed by atoms with van der Waals surface area (Å²) in [4.78, 5) is 11.0. The van der Waals surface area contributed by atoms with Gasteiger partial charge in [0.2, 0.25) is 0 Å². The Kier molecular flexibility index (Phi) is 8.90. The van der Waals surface area contributed by atoms with Crippen molar-refractivity contribution in [2.24, 2.45) is 0 Å². The van der Waals surface area contributed by atoms with Crippen molar-refractivity contribution in [3.63, 3.8) is 0 Å². The Morgan fingerprint density at radius 3 is 2.80 bits per heavy atom. The molecular formula is C12H21NO2. The molecule has 15 heavy (non-hydrogen) atoms. The van der Waals surface area contributed by atoms with Crippen LogP contribution in [0.5, 0.6) is 0 Å². The summed E-state index contributed by atoms with van der Waals surface area (Å²) in [6.07, 6.45) is 8.71. The average Bonchev–Trinajstić information content (AvgIpc) is 2.23. The van der Waals surface area contributed by atoms with E-state index in [0.717, 1.165) is 25.8 Å². The van der Waals surface area contributed by atoms with E-state index in [2.05, 4.69) is 11.2 Å². The molecule has 0 aliphatic heterocycles. The number of hydrogen-bond acceptors (Lipinski definition) is 3. The second-order valence-corrected chi connectivity index (χ2v) is 3.46. The lowest BCUT2D eigenvalue weighted by Crippen LogP contribution is -2.25. The van der Waals surface area contributed by atoms with E-state index < -0.39 is 0 Å². The molecule has 0 aromatic rings. The molecule has 1 N–H and O–H groups in total. The van der Waals surface area contributed by atoms with Gasteiger partial charge in [0, 0.05) is 6.42 Å². The molecule has 3 nitrogen and oxygen atoms in total. The second-order valence-electron chi connectivity index (χ2n) is 3.46. The van der Waals surface area contributed by atoms with Gasteiger partial charge in [0.15, 0.2) is 0 Å². The maximum atomic E-state index is 11.0. The fourth-order valence-corrected chi connectivity index (χ4v) is 1.18. The van der Waals surface area contributed by atoms with Crippen molar-refractivity contribution in [2.75, 3.05) is 13.2 Å². The topological polar surface area (TPSA) is 38.3 Å². The molecule has 0 radical (unpaired) electrons. The number of unbranched alkanes of at least 4 members (excludes halogenated alkanes) is 2. The number of esters is 1. The minimum absolute atomic E-state index is 0.0950. The lowest BCUT2D eigenvalue weighted by Gasteiger charge is -2.06. The first kappa shape index (κ1) is 14.0. The number of carbonyl (C=O) groups is 1. The lowest BCUT2D eigenvalue weighted by atomic mass is 10.2. The summed E-state index contributed by atoms with van der Waals surface area (Å²) in [5, 5.41) is 3.19. The molecule has 0 heterocycles. The Labute approximate surface area is 92.6 Å². The molecular weight excluding hydrogens is 190 g/mol. The highest BCUT2D eigenvalue weighted by molar-refractivity contribution is 5.69. The zero-order valence-electron chi connectivity index (χ0n) is 9.71. The maximum absolute atomic E-state index is 11.0. The third-order valence-electron chi connectivity index (χ3n) is 2.06. The fraction of sp³-hybridized carbons (Fsp3) is 0.750. The predicted molar refractivity (Wildman–Crippen MR) is 61.4 cm³/mol. The smallest absolute Gasteiger partial charge is 0.305 e. The largest absolute Gasteiger partial charge is 0.466 e. The Bertz CT molecular complexity index is 208. The fourth-order valence-electron chi connectivity index (χ4n) is 1.18. The molecule has 0 saturated heterocycles. The Hall–Kier alpha value is -1.01. The molecule has 0 spiro atoms. The molecule has 0 saturated carbocycles. The van der Waals surface area contributed by atoms with Crippen molar-refractivity contribution < 1.29 is 9.53 Å². The summed E-state index contributed by atoms with van der Waals surface area (Å²) in [6, 6.07) is 0.134. The Morgan fingerprint density at radius 2 is 2.20 bits per heavy atom. The maximum Gasteiger partial charge on any atom is 0.305 e. The summed E-state index contributed by atoms with van der Waals surface area (Å²) >= 11 is 0. The molecule has 0 fully saturated rings. The number of nitrogens with one attached hydrogen (secondary N) is 1. The number of rotatable bonds is 8. The molecule has 0 rings (SSSR count). The van der Waals surface area contributed by atoms with E-state index >= 15 is 0 Å². The van der Waals surface area contributed by atoms with Crippen molar-refractivity contribution in [2.45, 2.75) is 45.6 Å². The molecule has 0 amide bonds. The van der Waals surface area contributed by atoms with Crippen LogP contribution in [0.4, 0.5) is 0 Å². The van der Waals surface area contributed by atoms with Crippen LogP contribution in [0, 0.1) is 12.3 Å². The van der Waals surface area contributed by atoms with Gasteiger partial charge in [-0.1, -0.05) is 12.3 Å². The van der Waals surface area contributed by atoms with Crippen LogP contribution >= 0.6 is 0 Å². The van der Waals surface area contributed by atoms with Crippen LogP contribution < -0.4 is 5.32 Å². The molecule has 0 aliphatic rings. The first-order valence-corrected chi connectivity index (χ1v) is 5.55. The minimum atomic E-state index is -0.0950. The van der Waals surface area contributed by atoms with E-state index in [0.29, 0.717) is 13.0 Å². The van der Waals surface area contributed by atoms with Crippen molar-refractivity contribution in [3.8, 4) is 12.3 Å². The molecule has 3 heteroatoms. The quantitative estimate of drug-likeness (QED) is 0.377. The molecule has 0 aromatic carbocycles. The standard InChI is InChI=1S/C12H21NO2/c1-4-11(3)13-10-8-6-7-9-12(14)15-5-2/h1,11,13H,5-10H2,2-3H3. The van der Waals surface area contributed by atoms with E-state index in [1.54, 1.807) is 0 Å². The molecule has 86 valence electrons. The predicted octanol–water partition coefficient (Wildman–Crippen LogP) is 1.72. The van der Waals surface area contributed by atoms with Gasteiger partial charge < -0.3 is 10.1 Å². The van der Waals surface area contributed by atoms with Crippen LogP contribution in [0.1, 0.15) is 39.5 Å². The normalized spacial score (nSPS) is 11.8. The SMILES string of the molecule is C#CC(C)NCCCCCC(=O)OCC. The molecule has 0 aliphatic carbocycles. The Morgan fingerprint density at radius 1 is 1.47 bits per heavy atom. The number of ether oxygens (including phenoxy) is 1. The van der Waals surface area contributed by atoms with Gasteiger partial charge >= 0.3 is 5.97 Å². The van der Waals surface area contributed by atoms with Crippen LogP contribution in [0.2, 0.25) is 0 Å². The summed E-state index contributed by atoms with van der Waals surface area (Å²) < 4.78 is 4.82. The molecule has 1 atom stereocenters. The van der Waals surface area contributed by atoms with Crippen LogP contribution in [-0.4, -0.2) is 25.2 Å². The monoisotopic (exact) mass is 211 g/mol. The third kappa shape index (κ3) is 9.30. The van der Waals surface area contributed by atoms with Gasteiger partial charge in [0.1, 0.15) is 0 Å². The third-order valence-corrected chi connectivity index (χ3v) is 2.06. The van der Waals surface area contributed by atoms with E-state index in [-0.39, 0.29) is 12.0 Å². The van der Waals surface area contributed by atoms with Crippen LogP contribution in [-0.2, 0) is 9.53 Å². The van der Waals surface area contributed by atoms with E-state index in [4.69, 9.17) is 11.2 Å². The molecule has 0 aromatic heterocycles. The summed E-state index contributed by atoms with van der Waals surface area (Å²) in [5.41, 5.74) is 0. The van der Waals surface area contributed by atoms with Gasteiger partial charge in [-0.25, -0.2) is 0 Å². The van der Waals surface area contributed by atoms with Gasteiger partial charge in [-0.2, -0.15) is 0 Å². The minimum Gasteiger partial charge on any atom is -0.466 e. The highest BCUT2D eigenvalue weighted by Crippen LogP contribution is 2.00. The summed E-state index contributed by atoms with van der Waals surface area (Å²) in [5.74, 6) is 2.51. The number of hydrogen-bond donors (Lipinski definition) is 1. The van der Waals surface area contributed by atoms with Crippen LogP contribution in [0.25, 0.3) is 0 Å². The highest BCUT2D eigenvalue weighted by Gasteiger charge is 2.00. The van der Waals surface area contributed by atoms with E-state index in [9.17, 15) is 4.79 Å². The van der Waals surface area contributed by atoms with E-state index in [1.807, 2.05) is 13.8 Å². The summed E-state index contributed by atoms with van der Waals surface area (Å²) in [7, 11) is 0. The van der Waals surface area contributed by atoms with Crippen molar-refractivity contribution in [1.82, 2.24) is 5.32 Å². The van der Waals surface area contributed by atoms with Crippen LogP contribution in [0.3, 0.4) is 0 Å². The van der Waals surface area contributed by atoms with Gasteiger partial charge in [0.25, 0.3) is 0 Å². The van der Waals surface area contributed by atoms with Gasteiger partial charge in [0.05, 0.1) is 12.6 Å². The number of carbonyl (C=O) groups excluding carboxylic acids is 1. The first-order chi connectivity index (χ1) is 7.20. The van der Waals surface area contributed by atoms with Gasteiger partial charge in [-0.05, 0) is 33.2 Å². The summed E-state index contributed by atoms with van der Waals surface area (Å²) in [6.45, 7) is 5.16. The van der Waals surface area contributed by atoms with E-state index in [1.165, 1.54) is 0 Å².